The zero-order valence-electron chi connectivity index (χ0n) is 15.6. The number of pyridine rings is 1. The van der Waals surface area contributed by atoms with Gasteiger partial charge < -0.3 is 19.5 Å². The fourth-order valence-electron chi connectivity index (χ4n) is 2.85. The van der Waals surface area contributed by atoms with Crippen molar-refractivity contribution in [1.29, 1.82) is 0 Å². The van der Waals surface area contributed by atoms with Crippen molar-refractivity contribution in [3.05, 3.63) is 59.8 Å². The van der Waals surface area contributed by atoms with Crippen LogP contribution in [0, 0.1) is 0 Å². The van der Waals surface area contributed by atoms with Crippen molar-refractivity contribution >= 4 is 22.6 Å². The number of anilines is 1. The molecule has 0 fully saturated rings. The number of aromatic nitrogens is 1. The molecule has 6 nitrogen and oxygen atoms in total. The lowest BCUT2D eigenvalue weighted by atomic mass is 10.1. The summed E-state index contributed by atoms with van der Waals surface area (Å²) in [6.07, 6.45) is 1.53. The maximum atomic E-state index is 12.4. The van der Waals surface area contributed by atoms with Crippen LogP contribution >= 0.6 is 0 Å². The Hall–Kier alpha value is -3.28. The fraction of sp³-hybridized carbons (Fsp3) is 0.238. The molecular formula is C21H22N2O4. The van der Waals surface area contributed by atoms with E-state index in [4.69, 9.17) is 14.2 Å². The minimum atomic E-state index is -0.410. The molecule has 27 heavy (non-hydrogen) atoms. The van der Waals surface area contributed by atoms with Crippen LogP contribution in [0.25, 0.3) is 10.9 Å². The van der Waals surface area contributed by atoms with Crippen LogP contribution in [0.4, 0.5) is 5.69 Å². The lowest BCUT2D eigenvalue weighted by Gasteiger charge is -2.15. The van der Waals surface area contributed by atoms with Gasteiger partial charge in [-0.1, -0.05) is 24.3 Å². The van der Waals surface area contributed by atoms with Gasteiger partial charge in [0.15, 0.2) is 0 Å². The molecule has 0 spiro atoms. The van der Waals surface area contributed by atoms with Crippen molar-refractivity contribution < 1.29 is 19.0 Å². The van der Waals surface area contributed by atoms with E-state index in [1.807, 2.05) is 42.5 Å². The average Bonchev–Trinajstić information content (AvgIpc) is 2.71. The minimum absolute atomic E-state index is 0.299. The largest absolute Gasteiger partial charge is 0.497 e. The molecule has 0 aliphatic carbocycles. The normalized spacial score (nSPS) is 10.5. The summed E-state index contributed by atoms with van der Waals surface area (Å²) in [5, 5.41) is 4.16. The SMILES string of the molecule is CCOC(=O)c1cnc2c(OC)cccc2c1NCc1ccc(OC)cc1. The van der Waals surface area contributed by atoms with E-state index < -0.39 is 5.97 Å². The van der Waals surface area contributed by atoms with E-state index in [0.717, 1.165) is 16.7 Å². The van der Waals surface area contributed by atoms with E-state index in [1.54, 1.807) is 21.1 Å². The lowest BCUT2D eigenvalue weighted by molar-refractivity contribution is 0.0527. The van der Waals surface area contributed by atoms with Crippen LogP contribution in [0.5, 0.6) is 11.5 Å². The van der Waals surface area contributed by atoms with E-state index >= 15 is 0 Å². The van der Waals surface area contributed by atoms with Gasteiger partial charge >= 0.3 is 5.97 Å². The van der Waals surface area contributed by atoms with Gasteiger partial charge in [-0.2, -0.15) is 0 Å². The smallest absolute Gasteiger partial charge is 0.341 e. The molecule has 3 aromatic rings. The molecule has 0 bridgehead atoms. The highest BCUT2D eigenvalue weighted by Crippen LogP contribution is 2.32. The number of nitrogens with zero attached hydrogens (tertiary/aromatic N) is 1. The summed E-state index contributed by atoms with van der Waals surface area (Å²) in [6, 6.07) is 13.4. The maximum absolute atomic E-state index is 12.4. The number of para-hydroxylation sites is 1. The Morgan fingerprint density at radius 2 is 1.85 bits per heavy atom. The Morgan fingerprint density at radius 1 is 1.07 bits per heavy atom. The molecule has 6 heteroatoms. The number of methoxy groups -OCH3 is 2. The topological polar surface area (TPSA) is 69.7 Å². The van der Waals surface area contributed by atoms with Crippen molar-refractivity contribution in [3.8, 4) is 11.5 Å². The van der Waals surface area contributed by atoms with E-state index in [2.05, 4.69) is 10.3 Å². The predicted octanol–water partition coefficient (Wildman–Crippen LogP) is 4.04. The van der Waals surface area contributed by atoms with Crippen LogP contribution in [0.15, 0.2) is 48.7 Å². The first kappa shape index (κ1) is 18.5. The third kappa shape index (κ3) is 3.95. The van der Waals surface area contributed by atoms with Crippen LogP contribution < -0.4 is 14.8 Å². The molecule has 0 radical (unpaired) electrons. The average molecular weight is 366 g/mol. The van der Waals surface area contributed by atoms with Gasteiger partial charge in [0, 0.05) is 18.1 Å². The van der Waals surface area contributed by atoms with E-state index in [9.17, 15) is 4.79 Å². The number of benzene rings is 2. The van der Waals surface area contributed by atoms with E-state index in [1.165, 1.54) is 6.20 Å². The molecule has 0 atom stereocenters. The highest BCUT2D eigenvalue weighted by Gasteiger charge is 2.18. The third-order valence-corrected chi connectivity index (χ3v) is 4.20. The summed E-state index contributed by atoms with van der Waals surface area (Å²) >= 11 is 0. The van der Waals surface area contributed by atoms with E-state index in [0.29, 0.717) is 35.7 Å². The Labute approximate surface area is 158 Å². The van der Waals surface area contributed by atoms with Gasteiger partial charge in [0.2, 0.25) is 0 Å². The molecule has 3 rings (SSSR count). The second kappa shape index (κ2) is 8.40. The van der Waals surface area contributed by atoms with Crippen LogP contribution in [-0.2, 0) is 11.3 Å². The lowest BCUT2D eigenvalue weighted by Crippen LogP contribution is -2.11. The summed E-state index contributed by atoms with van der Waals surface area (Å²) in [5.74, 6) is 1.03. The van der Waals surface area contributed by atoms with Gasteiger partial charge in [0.1, 0.15) is 22.6 Å². The Kier molecular flexibility index (Phi) is 5.76. The van der Waals surface area contributed by atoms with Crippen molar-refractivity contribution in [2.24, 2.45) is 0 Å². The fourth-order valence-corrected chi connectivity index (χ4v) is 2.85. The van der Waals surface area contributed by atoms with Crippen molar-refractivity contribution in [3.63, 3.8) is 0 Å². The van der Waals surface area contributed by atoms with Crippen LogP contribution in [-0.4, -0.2) is 31.8 Å². The standard InChI is InChI=1S/C21H22N2O4/c1-4-27-21(24)17-13-23-20-16(6-5-7-18(20)26-3)19(17)22-12-14-8-10-15(25-2)11-9-14/h5-11,13H,4,12H2,1-3H3,(H,22,23). The highest BCUT2D eigenvalue weighted by atomic mass is 16.5. The monoisotopic (exact) mass is 366 g/mol. The van der Waals surface area contributed by atoms with Gasteiger partial charge in [0.25, 0.3) is 0 Å². The van der Waals surface area contributed by atoms with Crippen molar-refractivity contribution in [2.75, 3.05) is 26.1 Å². The number of carbonyl (C=O) groups excluding carboxylic acids is 1. The van der Waals surface area contributed by atoms with Crippen molar-refractivity contribution in [1.82, 2.24) is 4.98 Å². The Balaban J connectivity index is 2.00. The first-order chi connectivity index (χ1) is 13.2. The molecule has 0 aliphatic rings. The number of rotatable bonds is 7. The third-order valence-electron chi connectivity index (χ3n) is 4.20. The van der Waals surface area contributed by atoms with Gasteiger partial charge in [0.05, 0.1) is 26.5 Å². The van der Waals surface area contributed by atoms with E-state index in [-0.39, 0.29) is 0 Å². The summed E-state index contributed by atoms with van der Waals surface area (Å²) in [7, 11) is 3.23. The quantitative estimate of drug-likeness (QED) is 0.637. The van der Waals surface area contributed by atoms with Gasteiger partial charge in [-0.25, -0.2) is 4.79 Å². The number of esters is 1. The molecule has 0 aliphatic heterocycles. The van der Waals surface area contributed by atoms with Crippen molar-refractivity contribution in [2.45, 2.75) is 13.5 Å². The Bertz CT molecular complexity index is 939. The van der Waals surface area contributed by atoms with Crippen LogP contribution in [0.2, 0.25) is 0 Å². The number of hydrogen-bond acceptors (Lipinski definition) is 6. The van der Waals surface area contributed by atoms with Gasteiger partial charge in [-0.15, -0.1) is 0 Å². The molecule has 140 valence electrons. The highest BCUT2D eigenvalue weighted by molar-refractivity contribution is 6.06. The first-order valence-corrected chi connectivity index (χ1v) is 8.67. The second-order valence-electron chi connectivity index (χ2n) is 5.83. The molecule has 1 N–H and O–H groups in total. The molecule has 1 heterocycles. The summed E-state index contributed by atoms with van der Waals surface area (Å²) in [6.45, 7) is 2.61. The summed E-state index contributed by atoms with van der Waals surface area (Å²) < 4.78 is 15.8. The molecule has 2 aromatic carbocycles. The van der Waals surface area contributed by atoms with Gasteiger partial charge in [-0.3, -0.25) is 4.98 Å². The molecule has 1 aromatic heterocycles. The predicted molar refractivity (Wildman–Crippen MR) is 105 cm³/mol. The molecule has 0 amide bonds. The molecular weight excluding hydrogens is 344 g/mol. The van der Waals surface area contributed by atoms with Crippen LogP contribution in [0.3, 0.4) is 0 Å². The molecule has 0 saturated heterocycles. The molecule has 0 unspecified atom stereocenters. The number of carbonyl (C=O) groups is 1. The van der Waals surface area contributed by atoms with Gasteiger partial charge in [-0.05, 0) is 30.7 Å². The summed E-state index contributed by atoms with van der Waals surface area (Å²) in [5.41, 5.74) is 2.81. The zero-order chi connectivity index (χ0) is 19.2. The maximum Gasteiger partial charge on any atom is 0.341 e. The number of ether oxygens (including phenoxy) is 3. The zero-order valence-corrected chi connectivity index (χ0v) is 15.6. The first-order valence-electron chi connectivity index (χ1n) is 8.67. The Morgan fingerprint density at radius 3 is 2.52 bits per heavy atom. The van der Waals surface area contributed by atoms with Crippen LogP contribution in [0.1, 0.15) is 22.8 Å². The summed E-state index contributed by atoms with van der Waals surface area (Å²) in [4.78, 5) is 16.8. The second-order valence-corrected chi connectivity index (χ2v) is 5.83. The molecule has 0 saturated carbocycles. The number of nitrogens with one attached hydrogen (secondary N) is 1. The number of hydrogen-bond donors (Lipinski definition) is 1. The number of fused-ring (bicyclic) bond motifs is 1. The minimum Gasteiger partial charge on any atom is -0.497 e.